The van der Waals surface area contributed by atoms with Crippen LogP contribution in [0.1, 0.15) is 29.7 Å². The second kappa shape index (κ2) is 9.71. The van der Waals surface area contributed by atoms with E-state index in [9.17, 15) is 0 Å². The summed E-state index contributed by atoms with van der Waals surface area (Å²) in [7, 11) is 3.78. The fraction of sp³-hybridized carbons (Fsp3) is 0.375. The summed E-state index contributed by atoms with van der Waals surface area (Å²) in [6.45, 7) is 3.75. The summed E-state index contributed by atoms with van der Waals surface area (Å²) in [5.41, 5.74) is 2.94. The molecule has 2 heterocycles. The zero-order valence-electron chi connectivity index (χ0n) is 18.4. The number of oxime groups is 1. The topological polar surface area (TPSA) is 83.2 Å². The molecule has 0 bridgehead atoms. The molecular weight excluding hydrogens is 412 g/mol. The predicted octanol–water partition coefficient (Wildman–Crippen LogP) is 1.82. The fourth-order valence-electron chi connectivity index (χ4n) is 4.04. The molecule has 0 saturated heterocycles. The summed E-state index contributed by atoms with van der Waals surface area (Å²) in [5.74, 6) is 9.77. The number of nitrogens with zero attached hydrogens (tertiary/aromatic N) is 1. The molecule has 2 aliphatic heterocycles. The number of ether oxygens (including phenoxy) is 5. The Bertz CT molecular complexity index is 1070. The van der Waals surface area contributed by atoms with Crippen LogP contribution < -0.4 is 28.6 Å². The van der Waals surface area contributed by atoms with Gasteiger partial charge in [-0.05, 0) is 42.7 Å². The first-order chi connectivity index (χ1) is 15.7. The zero-order chi connectivity index (χ0) is 22.5. The lowest BCUT2D eigenvalue weighted by Gasteiger charge is -2.30. The van der Waals surface area contributed by atoms with Gasteiger partial charge in [-0.25, -0.2) is 0 Å². The third-order valence-electron chi connectivity index (χ3n) is 5.54. The first-order valence-corrected chi connectivity index (χ1v) is 10.5. The monoisotopic (exact) mass is 439 g/mol. The number of likely N-dealkylation sites (N-methyl/N-ethyl adjacent to an activating group) is 1. The van der Waals surface area contributed by atoms with E-state index in [-0.39, 0.29) is 19.4 Å². The highest BCUT2D eigenvalue weighted by Gasteiger charge is 2.35. The average Bonchev–Trinajstić information content (AvgIpc) is 3.26. The number of hydrogen-bond acceptors (Lipinski definition) is 7. The Morgan fingerprint density at radius 1 is 1.25 bits per heavy atom. The van der Waals surface area contributed by atoms with Gasteiger partial charge in [0.25, 0.3) is 0 Å². The SMILES string of the molecule is CCOc1cc(/C=N\O)ccc1OCC#C[C@@H]1c2c(cc3c(c2OC)OCO3)CC[NH+]1C. The minimum absolute atomic E-state index is 0.0682. The van der Waals surface area contributed by atoms with Gasteiger partial charge in [0.05, 0.1) is 39.1 Å². The number of hydrogen-bond donors (Lipinski definition) is 2. The molecule has 1 unspecified atom stereocenters. The summed E-state index contributed by atoms with van der Waals surface area (Å²) < 4.78 is 28.5. The van der Waals surface area contributed by atoms with E-state index in [2.05, 4.69) is 24.0 Å². The molecule has 168 valence electrons. The van der Waals surface area contributed by atoms with E-state index in [1.165, 1.54) is 16.7 Å². The lowest BCUT2D eigenvalue weighted by Crippen LogP contribution is -3.10. The molecule has 8 nitrogen and oxygen atoms in total. The molecule has 0 aliphatic carbocycles. The van der Waals surface area contributed by atoms with Crippen molar-refractivity contribution in [3.05, 3.63) is 41.0 Å². The Kier molecular flexibility index (Phi) is 6.57. The number of benzene rings is 2. The van der Waals surface area contributed by atoms with E-state index in [1.54, 1.807) is 25.3 Å². The molecule has 2 aliphatic rings. The van der Waals surface area contributed by atoms with Crippen molar-refractivity contribution in [1.82, 2.24) is 0 Å². The number of nitrogens with one attached hydrogen (secondary N) is 1. The van der Waals surface area contributed by atoms with Crippen molar-refractivity contribution in [1.29, 1.82) is 0 Å². The van der Waals surface area contributed by atoms with E-state index in [1.807, 2.05) is 13.0 Å². The van der Waals surface area contributed by atoms with Crippen LogP contribution in [-0.2, 0) is 6.42 Å². The lowest BCUT2D eigenvalue weighted by molar-refractivity contribution is -0.905. The van der Waals surface area contributed by atoms with Crippen LogP contribution in [0.15, 0.2) is 29.4 Å². The fourth-order valence-corrected chi connectivity index (χ4v) is 4.04. The second-order valence-electron chi connectivity index (χ2n) is 7.49. The number of quaternary nitrogens is 1. The Balaban J connectivity index is 1.55. The molecule has 2 atom stereocenters. The first-order valence-electron chi connectivity index (χ1n) is 10.5. The van der Waals surface area contributed by atoms with Crippen molar-refractivity contribution >= 4 is 6.21 Å². The van der Waals surface area contributed by atoms with Crippen LogP contribution in [0.25, 0.3) is 0 Å². The van der Waals surface area contributed by atoms with E-state index in [0.29, 0.717) is 35.2 Å². The standard InChI is InChI=1S/C24H26N2O6/c1-4-29-20-12-16(14-25-27)7-8-19(20)30-11-5-6-18-22-17(9-10-26(18)2)13-21-23(24(22)28-3)32-15-31-21/h7-8,12-14,18,27H,4,9-11,15H2,1-3H3/p+1/b25-14-/t18-/m1/s1. The van der Waals surface area contributed by atoms with Crippen LogP contribution in [0, 0.1) is 11.8 Å². The van der Waals surface area contributed by atoms with E-state index in [0.717, 1.165) is 24.3 Å². The Labute approximate surface area is 187 Å². The van der Waals surface area contributed by atoms with Crippen LogP contribution in [0.2, 0.25) is 0 Å². The van der Waals surface area contributed by atoms with Crippen LogP contribution >= 0.6 is 0 Å². The van der Waals surface area contributed by atoms with Gasteiger partial charge in [-0.3, -0.25) is 0 Å². The third kappa shape index (κ3) is 4.25. The number of rotatable bonds is 6. The van der Waals surface area contributed by atoms with Gasteiger partial charge in [-0.1, -0.05) is 11.1 Å². The Morgan fingerprint density at radius 3 is 2.91 bits per heavy atom. The van der Waals surface area contributed by atoms with Gasteiger partial charge < -0.3 is 33.8 Å². The highest BCUT2D eigenvalue weighted by molar-refractivity contribution is 5.80. The molecule has 2 N–H and O–H groups in total. The van der Waals surface area contributed by atoms with Gasteiger partial charge in [0, 0.05) is 12.0 Å². The maximum atomic E-state index is 8.74. The van der Waals surface area contributed by atoms with Crippen LogP contribution in [0.5, 0.6) is 28.7 Å². The average molecular weight is 439 g/mol. The van der Waals surface area contributed by atoms with E-state index >= 15 is 0 Å². The van der Waals surface area contributed by atoms with Gasteiger partial charge in [0.2, 0.25) is 12.5 Å². The van der Waals surface area contributed by atoms with Crippen LogP contribution in [-0.4, -0.2) is 52.1 Å². The Hall–Kier alpha value is -3.57. The number of methoxy groups -OCH3 is 1. The molecule has 2 aromatic carbocycles. The smallest absolute Gasteiger partial charge is 0.231 e. The van der Waals surface area contributed by atoms with Crippen LogP contribution in [0.4, 0.5) is 0 Å². The summed E-state index contributed by atoms with van der Waals surface area (Å²) >= 11 is 0. The minimum atomic E-state index is -0.0682. The van der Waals surface area contributed by atoms with Crippen molar-refractivity contribution in [3.8, 4) is 40.6 Å². The lowest BCUT2D eigenvalue weighted by atomic mass is 9.91. The largest absolute Gasteiger partial charge is 0.492 e. The molecule has 0 saturated carbocycles. The van der Waals surface area contributed by atoms with Crippen molar-refractivity contribution < 1.29 is 33.8 Å². The normalized spacial score (nSPS) is 18.6. The molecule has 2 aromatic rings. The minimum Gasteiger partial charge on any atom is -0.492 e. The van der Waals surface area contributed by atoms with Gasteiger partial charge >= 0.3 is 0 Å². The zero-order valence-corrected chi connectivity index (χ0v) is 18.4. The molecular formula is C24H27N2O6+. The van der Waals surface area contributed by atoms with Crippen molar-refractivity contribution in [2.24, 2.45) is 5.16 Å². The van der Waals surface area contributed by atoms with E-state index < -0.39 is 0 Å². The highest BCUT2D eigenvalue weighted by atomic mass is 16.7. The number of fused-ring (bicyclic) bond motifs is 2. The van der Waals surface area contributed by atoms with Gasteiger partial charge in [0.1, 0.15) is 6.61 Å². The molecule has 0 fully saturated rings. The molecule has 4 rings (SSSR count). The summed E-state index contributed by atoms with van der Waals surface area (Å²) in [4.78, 5) is 1.28. The maximum Gasteiger partial charge on any atom is 0.231 e. The highest BCUT2D eigenvalue weighted by Crippen LogP contribution is 2.47. The second-order valence-corrected chi connectivity index (χ2v) is 7.49. The molecule has 0 amide bonds. The quantitative estimate of drug-likeness (QED) is 0.309. The molecule has 0 radical (unpaired) electrons. The molecule has 0 aromatic heterocycles. The molecule has 0 spiro atoms. The molecule has 32 heavy (non-hydrogen) atoms. The summed E-state index contributed by atoms with van der Waals surface area (Å²) in [6, 6.07) is 7.30. The van der Waals surface area contributed by atoms with Crippen molar-refractivity contribution in [3.63, 3.8) is 0 Å². The van der Waals surface area contributed by atoms with Crippen LogP contribution in [0.3, 0.4) is 0 Å². The van der Waals surface area contributed by atoms with E-state index in [4.69, 9.17) is 28.9 Å². The molecule has 8 heteroatoms. The van der Waals surface area contributed by atoms with Gasteiger partial charge in [-0.15, -0.1) is 0 Å². The Morgan fingerprint density at radius 2 is 2.12 bits per heavy atom. The third-order valence-corrected chi connectivity index (χ3v) is 5.54. The maximum absolute atomic E-state index is 8.74. The van der Waals surface area contributed by atoms with Gasteiger partial charge in [0.15, 0.2) is 29.0 Å². The van der Waals surface area contributed by atoms with Gasteiger partial charge in [-0.2, -0.15) is 0 Å². The van der Waals surface area contributed by atoms with Crippen molar-refractivity contribution in [2.75, 3.05) is 40.7 Å². The predicted molar refractivity (Wildman–Crippen MR) is 118 cm³/mol. The van der Waals surface area contributed by atoms with Crippen molar-refractivity contribution in [2.45, 2.75) is 19.4 Å². The summed E-state index contributed by atoms with van der Waals surface area (Å²) in [5, 5.41) is 11.8. The first kappa shape index (κ1) is 21.7. The summed E-state index contributed by atoms with van der Waals surface area (Å²) in [6.07, 6.45) is 2.26.